The van der Waals surface area contributed by atoms with Gasteiger partial charge in [0.25, 0.3) is 0 Å². The zero-order valence-corrected chi connectivity index (χ0v) is 13.8. The number of hydrogen-bond acceptors (Lipinski definition) is 3. The van der Waals surface area contributed by atoms with Crippen molar-refractivity contribution in [3.63, 3.8) is 0 Å². The quantitative estimate of drug-likeness (QED) is 0.603. The summed E-state index contributed by atoms with van der Waals surface area (Å²) in [6.07, 6.45) is 0.771. The molecule has 0 aromatic heterocycles. The molecule has 23 heavy (non-hydrogen) atoms. The Morgan fingerprint density at radius 2 is 1.43 bits per heavy atom. The van der Waals surface area contributed by atoms with Gasteiger partial charge in [-0.15, -0.1) is 0 Å². The maximum absolute atomic E-state index is 12.6. The lowest BCUT2D eigenvalue weighted by Crippen LogP contribution is -2.16. The van der Waals surface area contributed by atoms with Gasteiger partial charge in [0.15, 0.2) is 5.78 Å². The van der Waals surface area contributed by atoms with Gasteiger partial charge >= 0.3 is 5.97 Å². The second-order valence-electron chi connectivity index (χ2n) is 6.69. The topological polar surface area (TPSA) is 43.4 Å². The van der Waals surface area contributed by atoms with Crippen molar-refractivity contribution in [3.8, 4) is 0 Å². The molecule has 0 fully saturated rings. The molecule has 3 heteroatoms. The largest absolute Gasteiger partial charge is 0.462 e. The molecule has 0 aliphatic rings. The first-order chi connectivity index (χ1) is 10.9. The van der Waals surface area contributed by atoms with Crippen LogP contribution in [0.25, 0.3) is 0 Å². The van der Waals surface area contributed by atoms with Crippen LogP contribution in [0.5, 0.6) is 0 Å². The highest BCUT2D eigenvalue weighted by molar-refractivity contribution is 6.14. The lowest BCUT2D eigenvalue weighted by molar-refractivity contribution is 0.0462. The lowest BCUT2D eigenvalue weighted by atomic mass is 9.93. The van der Waals surface area contributed by atoms with Crippen molar-refractivity contribution < 1.29 is 14.3 Å². The molecule has 3 nitrogen and oxygen atoms in total. The molecule has 0 aliphatic heterocycles. The van der Waals surface area contributed by atoms with Crippen LogP contribution < -0.4 is 0 Å². The molecule has 2 aromatic carbocycles. The minimum Gasteiger partial charge on any atom is -0.462 e. The van der Waals surface area contributed by atoms with Crippen LogP contribution in [-0.4, -0.2) is 18.4 Å². The molecular formula is C20H22O3. The maximum Gasteiger partial charge on any atom is 0.338 e. The number of ketones is 1. The summed E-state index contributed by atoms with van der Waals surface area (Å²) >= 11 is 0. The summed E-state index contributed by atoms with van der Waals surface area (Å²) in [6.45, 7) is 6.62. The van der Waals surface area contributed by atoms with Gasteiger partial charge in [-0.05, 0) is 17.9 Å². The molecule has 0 unspecified atom stereocenters. The van der Waals surface area contributed by atoms with Crippen LogP contribution in [0, 0.1) is 5.41 Å². The molecule has 0 spiro atoms. The Bertz CT molecular complexity index is 682. The maximum atomic E-state index is 12.6. The van der Waals surface area contributed by atoms with Gasteiger partial charge in [0.05, 0.1) is 12.2 Å². The third-order valence-electron chi connectivity index (χ3n) is 3.51. The van der Waals surface area contributed by atoms with Gasteiger partial charge in [-0.1, -0.05) is 69.3 Å². The number of ether oxygens (including phenoxy) is 1. The van der Waals surface area contributed by atoms with Crippen molar-refractivity contribution in [3.05, 3.63) is 71.3 Å². The first-order valence-electron chi connectivity index (χ1n) is 7.74. The minimum absolute atomic E-state index is 0.0969. The molecule has 120 valence electrons. The third kappa shape index (κ3) is 4.78. The lowest BCUT2D eigenvalue weighted by Gasteiger charge is -2.17. The van der Waals surface area contributed by atoms with Crippen LogP contribution >= 0.6 is 0 Å². The van der Waals surface area contributed by atoms with E-state index in [0.717, 1.165) is 6.42 Å². The molecule has 0 atom stereocenters. The van der Waals surface area contributed by atoms with Gasteiger partial charge < -0.3 is 4.74 Å². The molecule has 0 saturated heterocycles. The second kappa shape index (κ2) is 7.23. The SMILES string of the molecule is CC(C)(C)CCOC(=O)c1ccccc1C(=O)c1ccccc1. The molecule has 0 heterocycles. The van der Waals surface area contributed by atoms with Crippen molar-refractivity contribution in [1.29, 1.82) is 0 Å². The first-order valence-corrected chi connectivity index (χ1v) is 7.74. The summed E-state index contributed by atoms with van der Waals surface area (Å²) in [5.74, 6) is -0.622. The zero-order valence-electron chi connectivity index (χ0n) is 13.8. The summed E-state index contributed by atoms with van der Waals surface area (Å²) in [4.78, 5) is 24.9. The van der Waals surface area contributed by atoms with Crippen molar-refractivity contribution in [1.82, 2.24) is 0 Å². The van der Waals surface area contributed by atoms with E-state index in [9.17, 15) is 9.59 Å². The van der Waals surface area contributed by atoms with Crippen LogP contribution in [0.3, 0.4) is 0 Å². The zero-order chi connectivity index (χ0) is 16.9. The number of hydrogen-bond donors (Lipinski definition) is 0. The minimum atomic E-state index is -0.450. The Kier molecular flexibility index (Phi) is 5.32. The molecule has 2 aromatic rings. The third-order valence-corrected chi connectivity index (χ3v) is 3.51. The number of esters is 1. The molecule has 0 saturated carbocycles. The Labute approximate surface area is 137 Å². The predicted molar refractivity (Wildman–Crippen MR) is 90.7 cm³/mol. The van der Waals surface area contributed by atoms with Crippen LogP contribution in [0.4, 0.5) is 0 Å². The predicted octanol–water partition coefficient (Wildman–Crippen LogP) is 4.51. The van der Waals surface area contributed by atoms with Crippen LogP contribution in [-0.2, 0) is 4.74 Å². The number of carbonyl (C=O) groups is 2. The molecular weight excluding hydrogens is 288 g/mol. The fourth-order valence-electron chi connectivity index (χ4n) is 2.13. The number of carbonyl (C=O) groups excluding carboxylic acids is 2. The van der Waals surface area contributed by atoms with E-state index < -0.39 is 5.97 Å². The smallest absolute Gasteiger partial charge is 0.338 e. The molecule has 0 aliphatic carbocycles. The van der Waals surface area contributed by atoms with E-state index in [-0.39, 0.29) is 11.2 Å². The average Bonchev–Trinajstić information content (AvgIpc) is 2.53. The Balaban J connectivity index is 2.17. The van der Waals surface area contributed by atoms with Crippen molar-refractivity contribution in [2.75, 3.05) is 6.61 Å². The van der Waals surface area contributed by atoms with Gasteiger partial charge in [0.2, 0.25) is 0 Å². The summed E-state index contributed by atoms with van der Waals surface area (Å²) in [5.41, 5.74) is 1.34. The van der Waals surface area contributed by atoms with E-state index in [1.165, 1.54) is 0 Å². The van der Waals surface area contributed by atoms with Crippen LogP contribution in [0.15, 0.2) is 54.6 Å². The van der Waals surface area contributed by atoms with E-state index in [1.807, 2.05) is 6.07 Å². The second-order valence-corrected chi connectivity index (χ2v) is 6.69. The summed E-state index contributed by atoms with van der Waals surface area (Å²) in [7, 11) is 0. The number of benzene rings is 2. The van der Waals surface area contributed by atoms with E-state index in [4.69, 9.17) is 4.74 Å². The fraction of sp³-hybridized carbons (Fsp3) is 0.300. The van der Waals surface area contributed by atoms with E-state index in [2.05, 4.69) is 20.8 Å². The Morgan fingerprint density at radius 3 is 2.04 bits per heavy atom. The van der Waals surface area contributed by atoms with E-state index in [1.54, 1.807) is 48.5 Å². The van der Waals surface area contributed by atoms with Gasteiger partial charge in [-0.2, -0.15) is 0 Å². The number of rotatable bonds is 5. The normalized spacial score (nSPS) is 11.1. The molecule has 0 bridgehead atoms. The van der Waals surface area contributed by atoms with Gasteiger partial charge in [-0.25, -0.2) is 4.79 Å². The van der Waals surface area contributed by atoms with Crippen molar-refractivity contribution >= 4 is 11.8 Å². The van der Waals surface area contributed by atoms with E-state index >= 15 is 0 Å². The average molecular weight is 310 g/mol. The standard InChI is InChI=1S/C20H22O3/c1-20(2,3)13-14-23-19(22)17-12-8-7-11-16(17)18(21)15-9-5-4-6-10-15/h4-12H,13-14H2,1-3H3. The van der Waals surface area contributed by atoms with Crippen LogP contribution in [0.2, 0.25) is 0 Å². The fourth-order valence-corrected chi connectivity index (χ4v) is 2.13. The van der Waals surface area contributed by atoms with Crippen LogP contribution in [0.1, 0.15) is 53.5 Å². The summed E-state index contributed by atoms with van der Waals surface area (Å²) in [6, 6.07) is 15.7. The molecule has 0 radical (unpaired) electrons. The van der Waals surface area contributed by atoms with Gasteiger partial charge in [0.1, 0.15) is 0 Å². The Morgan fingerprint density at radius 1 is 0.870 bits per heavy atom. The molecule has 0 N–H and O–H groups in total. The van der Waals surface area contributed by atoms with Gasteiger partial charge in [0, 0.05) is 11.1 Å². The highest BCUT2D eigenvalue weighted by Crippen LogP contribution is 2.20. The Hall–Kier alpha value is -2.42. The first kappa shape index (κ1) is 16.9. The van der Waals surface area contributed by atoms with E-state index in [0.29, 0.717) is 23.3 Å². The summed E-state index contributed by atoms with van der Waals surface area (Å²) in [5, 5.41) is 0. The highest BCUT2D eigenvalue weighted by atomic mass is 16.5. The van der Waals surface area contributed by atoms with Gasteiger partial charge in [-0.3, -0.25) is 4.79 Å². The highest BCUT2D eigenvalue weighted by Gasteiger charge is 2.19. The monoisotopic (exact) mass is 310 g/mol. The molecule has 2 rings (SSSR count). The van der Waals surface area contributed by atoms with Crippen molar-refractivity contribution in [2.24, 2.45) is 5.41 Å². The van der Waals surface area contributed by atoms with Crippen molar-refractivity contribution in [2.45, 2.75) is 27.2 Å². The molecule has 0 amide bonds. The summed E-state index contributed by atoms with van der Waals surface area (Å²) < 4.78 is 5.34.